The lowest BCUT2D eigenvalue weighted by atomic mass is 10.1. The molecule has 3 heteroatoms. The Morgan fingerprint density at radius 2 is 1.44 bits per heavy atom. The highest BCUT2D eigenvalue weighted by atomic mass is 32.2. The topological polar surface area (TPSA) is 9.23 Å². The van der Waals surface area contributed by atoms with Crippen LogP contribution >= 0.6 is 23.5 Å². The zero-order valence-electron chi connectivity index (χ0n) is 14.8. The molecule has 1 heterocycles. The third-order valence-corrected chi connectivity index (χ3v) is 7.86. The third-order valence-electron chi connectivity index (χ3n) is 4.50. The third kappa shape index (κ3) is 7.08. The Morgan fingerprint density at radius 1 is 0.800 bits per heavy atom. The second kappa shape index (κ2) is 10.9. The first-order valence-electron chi connectivity index (χ1n) is 9.29. The molecular formula is C22H28OS2. The molecule has 1 nitrogen and oxygen atoms in total. The number of unbranched alkanes of at least 4 members (excludes halogenated alkanes) is 1. The highest BCUT2D eigenvalue weighted by molar-refractivity contribution is 8.17. The van der Waals surface area contributed by atoms with Crippen LogP contribution in [0.2, 0.25) is 0 Å². The Hall–Kier alpha value is -0.900. The van der Waals surface area contributed by atoms with Crippen LogP contribution in [0.1, 0.15) is 30.4 Å². The molecule has 0 amide bonds. The van der Waals surface area contributed by atoms with Gasteiger partial charge in [0.15, 0.2) is 0 Å². The van der Waals surface area contributed by atoms with Gasteiger partial charge in [0.1, 0.15) is 0 Å². The molecule has 2 aromatic carbocycles. The van der Waals surface area contributed by atoms with Crippen LogP contribution in [0.25, 0.3) is 0 Å². The normalized spacial score (nSPS) is 20.5. The first-order valence-corrected chi connectivity index (χ1v) is 11.4. The average molecular weight is 373 g/mol. The molecule has 0 spiro atoms. The van der Waals surface area contributed by atoms with Crippen molar-refractivity contribution < 1.29 is 4.74 Å². The largest absolute Gasteiger partial charge is 0.376 e. The predicted octanol–water partition coefficient (Wildman–Crippen LogP) is 6.04. The van der Waals surface area contributed by atoms with Gasteiger partial charge in [-0.3, -0.25) is 0 Å². The fraction of sp³-hybridized carbons (Fsp3) is 0.455. The minimum atomic E-state index is 0.708. The highest BCUT2D eigenvalue weighted by Crippen LogP contribution is 2.36. The van der Waals surface area contributed by atoms with E-state index in [0.29, 0.717) is 5.92 Å². The zero-order valence-corrected chi connectivity index (χ0v) is 16.4. The predicted molar refractivity (Wildman–Crippen MR) is 112 cm³/mol. The summed E-state index contributed by atoms with van der Waals surface area (Å²) in [6.45, 7) is 1.64. The molecule has 0 unspecified atom stereocenters. The second-order valence-corrected chi connectivity index (χ2v) is 9.46. The van der Waals surface area contributed by atoms with E-state index < -0.39 is 0 Å². The molecule has 0 atom stereocenters. The van der Waals surface area contributed by atoms with Gasteiger partial charge in [-0.05, 0) is 30.4 Å². The minimum absolute atomic E-state index is 0.708. The van der Waals surface area contributed by atoms with Gasteiger partial charge in [-0.2, -0.15) is 0 Å². The maximum Gasteiger partial charge on any atom is 0.0717 e. The van der Waals surface area contributed by atoms with Crippen molar-refractivity contribution in [2.24, 2.45) is 5.92 Å². The summed E-state index contributed by atoms with van der Waals surface area (Å²) < 4.78 is 6.71. The van der Waals surface area contributed by atoms with E-state index in [1.54, 1.807) is 0 Å². The number of ether oxygens (including phenoxy) is 1. The van der Waals surface area contributed by atoms with Crippen LogP contribution in [0.3, 0.4) is 0 Å². The Balaban J connectivity index is 1.23. The summed E-state index contributed by atoms with van der Waals surface area (Å²) >= 11 is 4.29. The van der Waals surface area contributed by atoms with E-state index in [2.05, 4.69) is 84.2 Å². The molecular weight excluding hydrogens is 344 g/mol. The van der Waals surface area contributed by atoms with E-state index in [1.807, 2.05) is 0 Å². The quantitative estimate of drug-likeness (QED) is 0.497. The van der Waals surface area contributed by atoms with Crippen LogP contribution in [-0.4, -0.2) is 22.7 Å². The number of rotatable bonds is 9. The molecule has 0 aromatic heterocycles. The van der Waals surface area contributed by atoms with Crippen molar-refractivity contribution in [3.05, 3.63) is 71.8 Å². The highest BCUT2D eigenvalue weighted by Gasteiger charge is 2.21. The van der Waals surface area contributed by atoms with Crippen LogP contribution in [0.15, 0.2) is 60.7 Å². The summed E-state index contributed by atoms with van der Waals surface area (Å²) in [5, 5.41) is 0. The monoisotopic (exact) mass is 372 g/mol. The van der Waals surface area contributed by atoms with Crippen molar-refractivity contribution in [2.45, 2.75) is 36.9 Å². The van der Waals surface area contributed by atoms with Crippen molar-refractivity contribution in [1.82, 2.24) is 0 Å². The first kappa shape index (κ1) is 18.9. The smallest absolute Gasteiger partial charge is 0.0717 e. The van der Waals surface area contributed by atoms with Crippen molar-refractivity contribution >= 4 is 23.5 Å². The Bertz CT molecular complexity index is 579. The van der Waals surface area contributed by atoms with Gasteiger partial charge in [-0.15, -0.1) is 23.5 Å². The maximum atomic E-state index is 5.92. The van der Waals surface area contributed by atoms with Crippen molar-refractivity contribution in [2.75, 3.05) is 18.1 Å². The fourth-order valence-electron chi connectivity index (χ4n) is 3.05. The van der Waals surface area contributed by atoms with E-state index in [0.717, 1.165) is 17.8 Å². The van der Waals surface area contributed by atoms with Gasteiger partial charge in [0, 0.05) is 17.4 Å². The summed E-state index contributed by atoms with van der Waals surface area (Å²) in [4.78, 5) is 0. The van der Waals surface area contributed by atoms with E-state index in [1.165, 1.54) is 48.3 Å². The van der Waals surface area contributed by atoms with Crippen LogP contribution in [0.4, 0.5) is 0 Å². The van der Waals surface area contributed by atoms with Crippen LogP contribution < -0.4 is 0 Å². The number of aryl methyl sites for hydroxylation is 1. The molecule has 0 radical (unpaired) electrons. The van der Waals surface area contributed by atoms with Gasteiger partial charge in [-0.1, -0.05) is 67.1 Å². The first-order chi connectivity index (χ1) is 12.4. The summed E-state index contributed by atoms with van der Waals surface area (Å²) in [7, 11) is 0. The number of benzene rings is 2. The molecule has 0 bridgehead atoms. The van der Waals surface area contributed by atoms with Crippen LogP contribution in [0, 0.1) is 5.92 Å². The van der Waals surface area contributed by atoms with Crippen LogP contribution in [-0.2, 0) is 17.8 Å². The zero-order chi connectivity index (χ0) is 17.2. The molecule has 3 rings (SSSR count). The summed E-state index contributed by atoms with van der Waals surface area (Å²) in [6.07, 6.45) is 5.22. The standard InChI is InChI=1S/C22H28OS2/c1-3-9-19(10-4-1)11-7-8-14-22-24-17-21(18-25-22)16-23-15-20-12-5-2-6-13-20/h1-6,9-10,12-13,21-22H,7-8,11,14-18H2. The molecule has 1 saturated heterocycles. The Kier molecular flexibility index (Phi) is 8.27. The molecule has 1 fully saturated rings. The van der Waals surface area contributed by atoms with Gasteiger partial charge in [-0.25, -0.2) is 0 Å². The van der Waals surface area contributed by atoms with Gasteiger partial charge < -0.3 is 4.74 Å². The van der Waals surface area contributed by atoms with Crippen LogP contribution in [0.5, 0.6) is 0 Å². The van der Waals surface area contributed by atoms with Crippen molar-refractivity contribution in [3.63, 3.8) is 0 Å². The van der Waals surface area contributed by atoms with Gasteiger partial charge >= 0.3 is 0 Å². The Morgan fingerprint density at radius 3 is 2.12 bits per heavy atom. The van der Waals surface area contributed by atoms with E-state index in [9.17, 15) is 0 Å². The fourth-order valence-corrected chi connectivity index (χ4v) is 6.12. The second-order valence-electron chi connectivity index (χ2n) is 6.69. The Labute approximate surface area is 160 Å². The summed E-state index contributed by atoms with van der Waals surface area (Å²) in [5.41, 5.74) is 2.75. The van der Waals surface area contributed by atoms with E-state index >= 15 is 0 Å². The minimum Gasteiger partial charge on any atom is -0.376 e. The average Bonchev–Trinajstić information content (AvgIpc) is 2.68. The van der Waals surface area contributed by atoms with Crippen molar-refractivity contribution in [3.8, 4) is 0 Å². The molecule has 1 aliphatic rings. The number of hydrogen-bond donors (Lipinski definition) is 0. The lowest BCUT2D eigenvalue weighted by Crippen LogP contribution is -2.22. The van der Waals surface area contributed by atoms with Gasteiger partial charge in [0.2, 0.25) is 0 Å². The molecule has 25 heavy (non-hydrogen) atoms. The molecule has 2 aromatic rings. The lowest BCUT2D eigenvalue weighted by molar-refractivity contribution is 0.0992. The lowest BCUT2D eigenvalue weighted by Gasteiger charge is -2.27. The number of thioether (sulfide) groups is 2. The van der Waals surface area contributed by atoms with E-state index in [4.69, 9.17) is 4.74 Å². The van der Waals surface area contributed by atoms with E-state index in [-0.39, 0.29) is 0 Å². The van der Waals surface area contributed by atoms with Gasteiger partial charge in [0.25, 0.3) is 0 Å². The molecule has 0 N–H and O–H groups in total. The maximum absolute atomic E-state index is 5.92. The molecule has 1 aliphatic heterocycles. The summed E-state index contributed by atoms with van der Waals surface area (Å²) in [5.74, 6) is 3.22. The molecule has 0 saturated carbocycles. The van der Waals surface area contributed by atoms with Gasteiger partial charge in [0.05, 0.1) is 17.8 Å². The molecule has 0 aliphatic carbocycles. The molecule has 134 valence electrons. The van der Waals surface area contributed by atoms with Crippen molar-refractivity contribution in [1.29, 1.82) is 0 Å². The number of hydrogen-bond acceptors (Lipinski definition) is 3. The SMILES string of the molecule is c1ccc(CCCCC2SCC(COCc3ccccc3)CS2)cc1. The summed E-state index contributed by atoms with van der Waals surface area (Å²) in [6, 6.07) is 21.3.